The van der Waals surface area contributed by atoms with Gasteiger partial charge >= 0.3 is 0 Å². The molecule has 27 heavy (non-hydrogen) atoms. The fourth-order valence-electron chi connectivity index (χ4n) is 3.37. The number of aryl methyl sites for hydroxylation is 2. The molecule has 1 fully saturated rings. The van der Waals surface area contributed by atoms with E-state index < -0.39 is 5.67 Å². The van der Waals surface area contributed by atoms with Crippen molar-refractivity contribution < 1.29 is 18.2 Å². The summed E-state index contributed by atoms with van der Waals surface area (Å²) >= 11 is 0. The maximum atomic E-state index is 15.5. The van der Waals surface area contributed by atoms with E-state index in [-0.39, 0.29) is 12.4 Å². The monoisotopic (exact) mass is 372 g/mol. The van der Waals surface area contributed by atoms with Crippen molar-refractivity contribution in [2.24, 2.45) is 0 Å². The molecule has 0 spiro atoms. The Morgan fingerprint density at radius 3 is 2.63 bits per heavy atom. The summed E-state index contributed by atoms with van der Waals surface area (Å²) < 4.78 is 31.1. The number of aromatic nitrogens is 3. The average Bonchev–Trinajstić information content (AvgIpc) is 3.39. The highest BCUT2D eigenvalue weighted by atomic mass is 19.1. The van der Waals surface area contributed by atoms with Crippen LogP contribution >= 0.6 is 0 Å². The van der Waals surface area contributed by atoms with E-state index >= 15 is 4.39 Å². The Hall–Kier alpha value is -2.74. The van der Waals surface area contributed by atoms with Crippen molar-refractivity contribution in [3.63, 3.8) is 0 Å². The fourth-order valence-corrected chi connectivity index (χ4v) is 3.37. The van der Waals surface area contributed by atoms with E-state index in [1.54, 1.807) is 19.2 Å². The molecule has 0 bridgehead atoms. The first-order chi connectivity index (χ1) is 13.0. The van der Waals surface area contributed by atoms with Crippen LogP contribution in [0.2, 0.25) is 0 Å². The summed E-state index contributed by atoms with van der Waals surface area (Å²) in [5, 5.41) is 7.91. The number of benzene rings is 1. The average molecular weight is 372 g/mol. The van der Waals surface area contributed by atoms with E-state index in [9.17, 15) is 0 Å². The van der Waals surface area contributed by atoms with Gasteiger partial charge in [0.1, 0.15) is 11.5 Å². The molecule has 7 nitrogen and oxygen atoms in total. The summed E-state index contributed by atoms with van der Waals surface area (Å²) in [7, 11) is 1.60. The van der Waals surface area contributed by atoms with Crippen LogP contribution in [-0.4, -0.2) is 40.4 Å². The molecule has 3 heterocycles. The first-order valence-corrected chi connectivity index (χ1v) is 8.80. The number of hydrogen-bond donors (Lipinski definition) is 0. The predicted molar refractivity (Wildman–Crippen MR) is 94.9 cm³/mol. The van der Waals surface area contributed by atoms with Crippen molar-refractivity contribution in [3.8, 4) is 17.1 Å². The van der Waals surface area contributed by atoms with E-state index in [2.05, 4.69) is 15.3 Å². The lowest BCUT2D eigenvalue weighted by Crippen LogP contribution is -2.27. The standard InChI is InChI=1S/C19H21FN4O3/c1-12-16(13(2)26-22-12)10-24-9-8-19(20,11-24)18-21-17(23-27-18)14-4-6-15(25-3)7-5-14/h4-7H,8-11H2,1-3H3. The summed E-state index contributed by atoms with van der Waals surface area (Å²) in [6, 6.07) is 7.24. The summed E-state index contributed by atoms with van der Waals surface area (Å²) in [6.45, 7) is 5.14. The third-order valence-corrected chi connectivity index (χ3v) is 5.02. The molecule has 0 amide bonds. The predicted octanol–water partition coefficient (Wildman–Crippen LogP) is 3.42. The molecule has 1 aromatic carbocycles. The zero-order chi connectivity index (χ0) is 19.0. The first kappa shape index (κ1) is 17.7. The lowest BCUT2D eigenvalue weighted by Gasteiger charge is -2.17. The first-order valence-electron chi connectivity index (χ1n) is 8.80. The van der Waals surface area contributed by atoms with Crippen LogP contribution in [-0.2, 0) is 12.2 Å². The lowest BCUT2D eigenvalue weighted by molar-refractivity contribution is 0.115. The molecule has 0 aliphatic carbocycles. The maximum absolute atomic E-state index is 15.5. The summed E-state index contributed by atoms with van der Waals surface area (Å²) in [5.74, 6) is 1.89. The van der Waals surface area contributed by atoms with E-state index in [0.29, 0.717) is 25.3 Å². The Labute approximate surface area is 156 Å². The van der Waals surface area contributed by atoms with Gasteiger partial charge in [0.15, 0.2) is 0 Å². The molecule has 1 aliphatic heterocycles. The number of ether oxygens (including phenoxy) is 1. The largest absolute Gasteiger partial charge is 0.497 e. The second kappa shape index (κ2) is 6.77. The van der Waals surface area contributed by atoms with Gasteiger partial charge < -0.3 is 13.8 Å². The van der Waals surface area contributed by atoms with Crippen molar-refractivity contribution in [1.82, 2.24) is 20.2 Å². The molecular formula is C19H21FN4O3. The molecule has 4 rings (SSSR count). The molecule has 1 unspecified atom stereocenters. The zero-order valence-electron chi connectivity index (χ0n) is 15.5. The van der Waals surface area contributed by atoms with Gasteiger partial charge in [-0.1, -0.05) is 10.3 Å². The van der Waals surface area contributed by atoms with Crippen molar-refractivity contribution in [3.05, 3.63) is 47.2 Å². The van der Waals surface area contributed by atoms with Crippen LogP contribution in [0.4, 0.5) is 4.39 Å². The van der Waals surface area contributed by atoms with Crippen molar-refractivity contribution in [2.75, 3.05) is 20.2 Å². The minimum atomic E-state index is -1.66. The topological polar surface area (TPSA) is 77.4 Å². The minimum absolute atomic E-state index is 0.0228. The number of alkyl halides is 1. The van der Waals surface area contributed by atoms with Crippen LogP contribution in [0.3, 0.4) is 0 Å². The Bertz CT molecular complexity index is 917. The third-order valence-electron chi connectivity index (χ3n) is 5.02. The Morgan fingerprint density at radius 2 is 1.96 bits per heavy atom. The number of methoxy groups -OCH3 is 1. The minimum Gasteiger partial charge on any atom is -0.497 e. The highest BCUT2D eigenvalue weighted by Gasteiger charge is 2.45. The van der Waals surface area contributed by atoms with Gasteiger partial charge in [0.2, 0.25) is 11.5 Å². The van der Waals surface area contributed by atoms with Crippen LogP contribution in [0.5, 0.6) is 5.75 Å². The summed E-state index contributed by atoms with van der Waals surface area (Å²) in [4.78, 5) is 6.32. The number of likely N-dealkylation sites (tertiary alicyclic amines) is 1. The highest BCUT2D eigenvalue weighted by Crippen LogP contribution is 2.37. The van der Waals surface area contributed by atoms with Gasteiger partial charge in [0, 0.05) is 37.2 Å². The Morgan fingerprint density at radius 1 is 1.19 bits per heavy atom. The van der Waals surface area contributed by atoms with Gasteiger partial charge in [0.25, 0.3) is 5.89 Å². The molecule has 1 atom stereocenters. The van der Waals surface area contributed by atoms with E-state index in [0.717, 1.165) is 28.3 Å². The second-order valence-electron chi connectivity index (χ2n) is 6.88. The summed E-state index contributed by atoms with van der Waals surface area (Å²) in [6.07, 6.45) is 0.306. The van der Waals surface area contributed by atoms with Gasteiger partial charge in [-0.2, -0.15) is 4.98 Å². The number of halogens is 1. The molecule has 1 saturated heterocycles. The van der Waals surface area contributed by atoms with Gasteiger partial charge in [-0.25, -0.2) is 4.39 Å². The van der Waals surface area contributed by atoms with Crippen LogP contribution in [0.25, 0.3) is 11.4 Å². The SMILES string of the molecule is COc1ccc(-c2noc(C3(F)CCN(Cc4c(C)noc4C)C3)n2)cc1. The van der Waals surface area contributed by atoms with Crippen LogP contribution in [0, 0.1) is 13.8 Å². The second-order valence-corrected chi connectivity index (χ2v) is 6.88. The van der Waals surface area contributed by atoms with E-state index in [1.165, 1.54) is 0 Å². The van der Waals surface area contributed by atoms with Crippen LogP contribution in [0.1, 0.15) is 29.3 Å². The molecule has 1 aliphatic rings. The van der Waals surface area contributed by atoms with E-state index in [4.69, 9.17) is 13.8 Å². The maximum Gasteiger partial charge on any atom is 0.266 e. The lowest BCUT2D eigenvalue weighted by atomic mass is 10.1. The van der Waals surface area contributed by atoms with Crippen molar-refractivity contribution in [2.45, 2.75) is 32.5 Å². The normalized spacial score (nSPS) is 20.3. The number of rotatable bonds is 5. The summed E-state index contributed by atoms with van der Waals surface area (Å²) in [5.41, 5.74) is 0.934. The smallest absolute Gasteiger partial charge is 0.266 e. The molecule has 0 saturated carbocycles. The molecule has 2 aromatic heterocycles. The molecule has 0 N–H and O–H groups in total. The number of hydrogen-bond acceptors (Lipinski definition) is 7. The van der Waals surface area contributed by atoms with Gasteiger partial charge in [0.05, 0.1) is 12.8 Å². The van der Waals surface area contributed by atoms with Gasteiger partial charge in [-0.3, -0.25) is 4.90 Å². The molecule has 0 radical (unpaired) electrons. The molecule has 142 valence electrons. The van der Waals surface area contributed by atoms with Crippen LogP contribution < -0.4 is 4.74 Å². The van der Waals surface area contributed by atoms with Crippen molar-refractivity contribution >= 4 is 0 Å². The quantitative estimate of drug-likeness (QED) is 0.679. The zero-order valence-corrected chi connectivity index (χ0v) is 15.5. The van der Waals surface area contributed by atoms with Crippen molar-refractivity contribution in [1.29, 1.82) is 0 Å². The Kier molecular flexibility index (Phi) is 4.43. The third kappa shape index (κ3) is 3.32. The molecule has 8 heteroatoms. The van der Waals surface area contributed by atoms with Gasteiger partial charge in [-0.15, -0.1) is 0 Å². The van der Waals surface area contributed by atoms with Crippen LogP contribution in [0.15, 0.2) is 33.3 Å². The van der Waals surface area contributed by atoms with E-state index in [1.807, 2.05) is 30.9 Å². The Balaban J connectivity index is 1.49. The molecular weight excluding hydrogens is 351 g/mol. The van der Waals surface area contributed by atoms with Gasteiger partial charge in [-0.05, 0) is 38.1 Å². The number of nitrogens with zero attached hydrogens (tertiary/aromatic N) is 4. The highest BCUT2D eigenvalue weighted by molar-refractivity contribution is 5.55. The molecule has 3 aromatic rings. The fraction of sp³-hybridized carbons (Fsp3) is 0.421.